The summed E-state index contributed by atoms with van der Waals surface area (Å²) in [6.07, 6.45) is 8.13. The predicted octanol–water partition coefficient (Wildman–Crippen LogP) is 3.81. The third-order valence-electron chi connectivity index (χ3n) is 5.63. The lowest BCUT2D eigenvalue weighted by molar-refractivity contribution is 0.0978. The summed E-state index contributed by atoms with van der Waals surface area (Å²) in [5.74, 6) is 0. The van der Waals surface area contributed by atoms with Gasteiger partial charge in [-0.15, -0.1) is 0 Å². The van der Waals surface area contributed by atoms with Gasteiger partial charge in [0.2, 0.25) is 0 Å². The Balaban J connectivity index is 2.12. The summed E-state index contributed by atoms with van der Waals surface area (Å²) in [6, 6.07) is 3.07. The van der Waals surface area contributed by atoms with Gasteiger partial charge in [0.25, 0.3) is 0 Å². The van der Waals surface area contributed by atoms with Crippen molar-refractivity contribution in [1.82, 2.24) is 10.2 Å². The molecule has 4 atom stereocenters. The highest BCUT2D eigenvalue weighted by atomic mass is 15.3. The molecule has 1 saturated heterocycles. The molecule has 0 spiro atoms. The summed E-state index contributed by atoms with van der Waals surface area (Å²) in [5.41, 5.74) is 0.459. The van der Waals surface area contributed by atoms with Crippen molar-refractivity contribution in [3.8, 4) is 0 Å². The number of nitrogens with one attached hydrogen (secondary N) is 1. The van der Waals surface area contributed by atoms with E-state index in [1.165, 1.54) is 45.1 Å². The minimum atomic E-state index is 0.459. The molecule has 2 rings (SSSR count). The van der Waals surface area contributed by atoms with Crippen molar-refractivity contribution in [1.29, 1.82) is 0 Å². The summed E-state index contributed by atoms with van der Waals surface area (Å²) in [6.45, 7) is 13.2. The minimum absolute atomic E-state index is 0.459. The van der Waals surface area contributed by atoms with Crippen LogP contribution < -0.4 is 5.32 Å². The van der Waals surface area contributed by atoms with Crippen molar-refractivity contribution >= 4 is 0 Å². The van der Waals surface area contributed by atoms with Gasteiger partial charge in [-0.1, -0.05) is 27.7 Å². The van der Waals surface area contributed by atoms with Crippen LogP contribution in [0.25, 0.3) is 0 Å². The molecule has 19 heavy (non-hydrogen) atoms. The first-order chi connectivity index (χ1) is 9.01. The zero-order valence-corrected chi connectivity index (χ0v) is 13.7. The summed E-state index contributed by atoms with van der Waals surface area (Å²) in [5, 5.41) is 3.87. The van der Waals surface area contributed by atoms with Crippen LogP contribution in [-0.2, 0) is 0 Å². The van der Waals surface area contributed by atoms with E-state index >= 15 is 0 Å². The van der Waals surface area contributed by atoms with Crippen LogP contribution in [0.1, 0.15) is 73.1 Å². The Hall–Kier alpha value is -0.0800. The second kappa shape index (κ2) is 6.13. The van der Waals surface area contributed by atoms with Crippen LogP contribution >= 0.6 is 0 Å². The molecule has 0 aromatic carbocycles. The molecule has 2 nitrogen and oxygen atoms in total. The Morgan fingerprint density at radius 1 is 1.16 bits per heavy atom. The smallest absolute Gasteiger partial charge is 0.0274 e. The maximum Gasteiger partial charge on any atom is 0.0274 e. The zero-order valence-electron chi connectivity index (χ0n) is 13.7. The summed E-state index contributed by atoms with van der Waals surface area (Å²) in [7, 11) is 0. The Kier molecular flexibility index (Phi) is 4.94. The van der Waals surface area contributed by atoms with E-state index in [4.69, 9.17) is 0 Å². The van der Waals surface area contributed by atoms with Crippen molar-refractivity contribution in [3.05, 3.63) is 0 Å². The molecule has 2 fully saturated rings. The second-order valence-corrected chi connectivity index (χ2v) is 7.46. The SMILES string of the molecule is CCCNC1C(N2C(C)CCC2CC)CCC1(C)C. The molecule has 112 valence electrons. The third-order valence-corrected chi connectivity index (χ3v) is 5.63. The highest BCUT2D eigenvalue weighted by molar-refractivity contribution is 5.04. The van der Waals surface area contributed by atoms with Gasteiger partial charge < -0.3 is 5.32 Å². The number of hydrogen-bond donors (Lipinski definition) is 1. The van der Waals surface area contributed by atoms with Crippen molar-refractivity contribution in [3.63, 3.8) is 0 Å². The normalized spacial score (nSPS) is 39.0. The Labute approximate surface area is 120 Å². The molecular weight excluding hydrogens is 232 g/mol. The molecular formula is C17H34N2. The maximum atomic E-state index is 3.87. The van der Waals surface area contributed by atoms with E-state index in [-0.39, 0.29) is 0 Å². The number of rotatable bonds is 5. The monoisotopic (exact) mass is 266 g/mol. The molecule has 1 saturated carbocycles. The standard InChI is InChI=1S/C17H34N2/c1-6-12-18-16-15(10-11-17(16,4)5)19-13(3)8-9-14(19)7-2/h13-16,18H,6-12H2,1-5H3. The summed E-state index contributed by atoms with van der Waals surface area (Å²) in [4.78, 5) is 2.88. The maximum absolute atomic E-state index is 3.87. The van der Waals surface area contributed by atoms with Gasteiger partial charge in [0.05, 0.1) is 0 Å². The van der Waals surface area contributed by atoms with Gasteiger partial charge >= 0.3 is 0 Å². The topological polar surface area (TPSA) is 15.3 Å². The predicted molar refractivity (Wildman–Crippen MR) is 83.5 cm³/mol. The van der Waals surface area contributed by atoms with Gasteiger partial charge in [-0.3, -0.25) is 4.90 Å². The molecule has 2 heteroatoms. The molecule has 0 amide bonds. The van der Waals surface area contributed by atoms with Crippen LogP contribution in [0, 0.1) is 5.41 Å². The van der Waals surface area contributed by atoms with Crippen molar-refractivity contribution in [2.24, 2.45) is 5.41 Å². The zero-order chi connectivity index (χ0) is 14.0. The highest BCUT2D eigenvalue weighted by Gasteiger charge is 2.47. The van der Waals surface area contributed by atoms with E-state index in [1.54, 1.807) is 0 Å². The van der Waals surface area contributed by atoms with Crippen molar-refractivity contribution in [2.45, 2.75) is 97.3 Å². The molecule has 0 radical (unpaired) electrons. The molecule has 2 aliphatic rings. The highest BCUT2D eigenvalue weighted by Crippen LogP contribution is 2.43. The van der Waals surface area contributed by atoms with E-state index in [0.29, 0.717) is 11.5 Å². The van der Waals surface area contributed by atoms with Crippen LogP contribution in [0.2, 0.25) is 0 Å². The van der Waals surface area contributed by atoms with Crippen molar-refractivity contribution < 1.29 is 0 Å². The average Bonchev–Trinajstić information content (AvgIpc) is 2.87. The molecule has 1 aliphatic heterocycles. The minimum Gasteiger partial charge on any atom is -0.312 e. The molecule has 1 aliphatic carbocycles. The van der Waals surface area contributed by atoms with E-state index in [2.05, 4.69) is 44.8 Å². The van der Waals surface area contributed by atoms with E-state index in [9.17, 15) is 0 Å². The first-order valence-corrected chi connectivity index (χ1v) is 8.52. The fraction of sp³-hybridized carbons (Fsp3) is 1.00. The third kappa shape index (κ3) is 3.00. The van der Waals surface area contributed by atoms with Gasteiger partial charge in [-0.2, -0.15) is 0 Å². The van der Waals surface area contributed by atoms with Crippen LogP contribution in [0.3, 0.4) is 0 Å². The first kappa shape index (κ1) is 15.3. The fourth-order valence-corrected chi connectivity index (χ4v) is 4.50. The summed E-state index contributed by atoms with van der Waals surface area (Å²) < 4.78 is 0. The van der Waals surface area contributed by atoms with Crippen LogP contribution in [0.4, 0.5) is 0 Å². The lowest BCUT2D eigenvalue weighted by Crippen LogP contribution is -2.54. The van der Waals surface area contributed by atoms with Crippen molar-refractivity contribution in [2.75, 3.05) is 6.54 Å². The Morgan fingerprint density at radius 3 is 2.53 bits per heavy atom. The molecule has 0 aromatic rings. The van der Waals surface area contributed by atoms with Gasteiger partial charge in [0, 0.05) is 24.2 Å². The van der Waals surface area contributed by atoms with E-state index in [0.717, 1.165) is 18.1 Å². The molecule has 0 bridgehead atoms. The van der Waals surface area contributed by atoms with Crippen LogP contribution in [-0.4, -0.2) is 35.6 Å². The van der Waals surface area contributed by atoms with Gasteiger partial charge in [0.15, 0.2) is 0 Å². The molecule has 1 N–H and O–H groups in total. The van der Waals surface area contributed by atoms with Gasteiger partial charge in [0.1, 0.15) is 0 Å². The first-order valence-electron chi connectivity index (χ1n) is 8.52. The second-order valence-electron chi connectivity index (χ2n) is 7.46. The lowest BCUT2D eigenvalue weighted by atomic mass is 9.86. The summed E-state index contributed by atoms with van der Waals surface area (Å²) >= 11 is 0. The Morgan fingerprint density at radius 2 is 1.89 bits per heavy atom. The molecule has 0 aromatic heterocycles. The van der Waals surface area contributed by atoms with E-state index in [1.807, 2.05) is 0 Å². The largest absolute Gasteiger partial charge is 0.312 e. The Bertz CT molecular complexity index is 287. The van der Waals surface area contributed by atoms with Crippen LogP contribution in [0.5, 0.6) is 0 Å². The average molecular weight is 266 g/mol. The van der Waals surface area contributed by atoms with E-state index < -0.39 is 0 Å². The van der Waals surface area contributed by atoms with Gasteiger partial charge in [-0.25, -0.2) is 0 Å². The fourth-order valence-electron chi connectivity index (χ4n) is 4.50. The lowest BCUT2D eigenvalue weighted by Gasteiger charge is -2.41. The number of nitrogens with zero attached hydrogens (tertiary/aromatic N) is 1. The number of likely N-dealkylation sites (tertiary alicyclic amines) is 1. The number of hydrogen-bond acceptors (Lipinski definition) is 2. The van der Waals surface area contributed by atoms with Crippen LogP contribution in [0.15, 0.2) is 0 Å². The quantitative estimate of drug-likeness (QED) is 0.814. The molecule has 4 unspecified atom stereocenters. The molecule has 1 heterocycles. The van der Waals surface area contributed by atoms with Gasteiger partial charge in [-0.05, 0) is 57.4 Å².